The van der Waals surface area contributed by atoms with Crippen molar-refractivity contribution in [2.45, 2.75) is 6.42 Å². The van der Waals surface area contributed by atoms with Gasteiger partial charge in [0.15, 0.2) is 5.69 Å². The van der Waals surface area contributed by atoms with E-state index in [2.05, 4.69) is 10.3 Å². The molecule has 0 aliphatic carbocycles. The van der Waals surface area contributed by atoms with Gasteiger partial charge in [-0.25, -0.2) is 9.48 Å². The van der Waals surface area contributed by atoms with Crippen LogP contribution in [0.5, 0.6) is 5.75 Å². The van der Waals surface area contributed by atoms with Crippen LogP contribution in [0.25, 0.3) is 5.69 Å². The third-order valence-corrected chi connectivity index (χ3v) is 3.50. The van der Waals surface area contributed by atoms with Gasteiger partial charge >= 0.3 is 5.97 Å². The van der Waals surface area contributed by atoms with Crippen molar-refractivity contribution < 1.29 is 14.6 Å². The van der Waals surface area contributed by atoms with Gasteiger partial charge in [-0.15, -0.1) is 5.10 Å². The van der Waals surface area contributed by atoms with Gasteiger partial charge in [0, 0.05) is 6.42 Å². The first kappa shape index (κ1) is 14.8. The Morgan fingerprint density at radius 3 is 2.43 bits per heavy atom. The molecule has 0 fully saturated rings. The third kappa shape index (κ3) is 3.06. The summed E-state index contributed by atoms with van der Waals surface area (Å²) in [6.07, 6.45) is 0.432. The van der Waals surface area contributed by atoms with Gasteiger partial charge < -0.3 is 9.84 Å². The number of carboxylic acids is 1. The second-order valence-corrected chi connectivity index (χ2v) is 4.96. The Morgan fingerprint density at radius 1 is 1.13 bits per heavy atom. The molecule has 23 heavy (non-hydrogen) atoms. The highest BCUT2D eigenvalue weighted by molar-refractivity contribution is 5.86. The first-order valence-electron chi connectivity index (χ1n) is 7.05. The van der Waals surface area contributed by atoms with E-state index in [1.54, 1.807) is 23.9 Å². The van der Waals surface area contributed by atoms with Crippen molar-refractivity contribution in [1.82, 2.24) is 15.0 Å². The number of rotatable bonds is 5. The number of methoxy groups -OCH3 is 1. The summed E-state index contributed by atoms with van der Waals surface area (Å²) in [5.74, 6) is -0.368. The third-order valence-electron chi connectivity index (χ3n) is 3.50. The lowest BCUT2D eigenvalue weighted by atomic mass is 10.1. The van der Waals surface area contributed by atoms with E-state index >= 15 is 0 Å². The summed E-state index contributed by atoms with van der Waals surface area (Å²) in [7, 11) is 1.59. The van der Waals surface area contributed by atoms with E-state index in [4.69, 9.17) is 4.74 Å². The molecule has 3 aromatic rings. The fourth-order valence-electron chi connectivity index (χ4n) is 2.35. The number of benzene rings is 2. The van der Waals surface area contributed by atoms with E-state index in [1.807, 2.05) is 42.5 Å². The SMILES string of the molecule is COc1ccc(-n2nnc(C(=O)O)c2Cc2ccccc2)cc1. The summed E-state index contributed by atoms with van der Waals surface area (Å²) < 4.78 is 6.69. The molecular weight excluding hydrogens is 294 g/mol. The standard InChI is InChI=1S/C17H15N3O3/c1-23-14-9-7-13(8-10-14)20-15(16(17(21)22)18-19-20)11-12-5-3-2-4-6-12/h2-10H,11H2,1H3,(H,21,22). The maximum Gasteiger partial charge on any atom is 0.358 e. The zero-order valence-corrected chi connectivity index (χ0v) is 12.5. The number of nitrogens with zero attached hydrogens (tertiary/aromatic N) is 3. The molecule has 0 atom stereocenters. The van der Waals surface area contributed by atoms with E-state index in [0.717, 1.165) is 17.0 Å². The fraction of sp³-hybridized carbons (Fsp3) is 0.118. The highest BCUT2D eigenvalue weighted by Gasteiger charge is 2.20. The Kier molecular flexibility index (Phi) is 4.05. The van der Waals surface area contributed by atoms with Gasteiger partial charge in [0.05, 0.1) is 18.5 Å². The molecule has 1 heterocycles. The summed E-state index contributed by atoms with van der Waals surface area (Å²) in [5, 5.41) is 17.2. The fourth-order valence-corrected chi connectivity index (χ4v) is 2.35. The maximum atomic E-state index is 11.4. The molecule has 0 saturated heterocycles. The topological polar surface area (TPSA) is 77.2 Å². The highest BCUT2D eigenvalue weighted by atomic mass is 16.5. The van der Waals surface area contributed by atoms with Crippen molar-refractivity contribution in [2.24, 2.45) is 0 Å². The van der Waals surface area contributed by atoms with Crippen LogP contribution in [0, 0.1) is 0 Å². The van der Waals surface area contributed by atoms with Gasteiger partial charge in [0.1, 0.15) is 5.75 Å². The first-order chi connectivity index (χ1) is 11.2. The smallest absolute Gasteiger partial charge is 0.358 e. The van der Waals surface area contributed by atoms with E-state index in [9.17, 15) is 9.90 Å². The second-order valence-electron chi connectivity index (χ2n) is 4.96. The summed E-state index contributed by atoms with van der Waals surface area (Å²) >= 11 is 0. The van der Waals surface area contributed by atoms with Crippen molar-refractivity contribution in [1.29, 1.82) is 0 Å². The lowest BCUT2D eigenvalue weighted by Crippen LogP contribution is -2.07. The molecule has 6 nitrogen and oxygen atoms in total. The van der Waals surface area contributed by atoms with Crippen molar-refractivity contribution in [3.8, 4) is 11.4 Å². The van der Waals surface area contributed by atoms with Crippen molar-refractivity contribution >= 4 is 5.97 Å². The number of hydrogen-bond acceptors (Lipinski definition) is 4. The van der Waals surface area contributed by atoms with Crippen LogP contribution in [0.15, 0.2) is 54.6 Å². The monoisotopic (exact) mass is 309 g/mol. The predicted octanol–water partition coefficient (Wildman–Crippen LogP) is 2.56. The largest absolute Gasteiger partial charge is 0.497 e. The summed E-state index contributed by atoms with van der Waals surface area (Å²) in [4.78, 5) is 11.4. The lowest BCUT2D eigenvalue weighted by Gasteiger charge is -2.08. The summed E-state index contributed by atoms with van der Waals surface area (Å²) in [6.45, 7) is 0. The summed E-state index contributed by atoms with van der Waals surface area (Å²) in [5.41, 5.74) is 2.22. The summed E-state index contributed by atoms with van der Waals surface area (Å²) in [6, 6.07) is 16.8. The molecule has 0 bridgehead atoms. The van der Waals surface area contributed by atoms with Gasteiger partial charge in [0.25, 0.3) is 0 Å². The van der Waals surface area contributed by atoms with Gasteiger partial charge in [-0.05, 0) is 29.8 Å². The number of carboxylic acid groups (broad SMARTS) is 1. The lowest BCUT2D eigenvalue weighted by molar-refractivity contribution is 0.0689. The minimum atomic E-state index is -1.09. The van der Waals surface area contributed by atoms with Gasteiger partial charge in [-0.1, -0.05) is 35.5 Å². The normalized spacial score (nSPS) is 10.5. The number of ether oxygens (including phenoxy) is 1. The molecule has 0 spiro atoms. The number of aromatic nitrogens is 3. The van der Waals surface area contributed by atoms with Crippen LogP contribution in [0.1, 0.15) is 21.7 Å². The van der Waals surface area contributed by atoms with Crippen LogP contribution in [0.2, 0.25) is 0 Å². The minimum absolute atomic E-state index is 0.0373. The maximum absolute atomic E-state index is 11.4. The van der Waals surface area contributed by atoms with Gasteiger partial charge in [-0.3, -0.25) is 0 Å². The molecule has 0 aliphatic heterocycles. The highest BCUT2D eigenvalue weighted by Crippen LogP contribution is 2.19. The quantitative estimate of drug-likeness (QED) is 0.784. The van der Waals surface area contributed by atoms with Crippen molar-refractivity contribution in [3.05, 3.63) is 71.5 Å². The second kappa shape index (κ2) is 6.31. The van der Waals surface area contributed by atoms with Crippen molar-refractivity contribution in [3.63, 3.8) is 0 Å². The van der Waals surface area contributed by atoms with Crippen LogP contribution in [0.4, 0.5) is 0 Å². The number of aromatic carboxylic acids is 1. The van der Waals surface area contributed by atoms with Gasteiger partial charge in [-0.2, -0.15) is 0 Å². The van der Waals surface area contributed by atoms with E-state index in [0.29, 0.717) is 12.1 Å². The van der Waals surface area contributed by atoms with E-state index in [1.165, 1.54) is 0 Å². The average molecular weight is 309 g/mol. The van der Waals surface area contributed by atoms with Crippen LogP contribution >= 0.6 is 0 Å². The Bertz CT molecular complexity index is 811. The molecule has 1 N–H and O–H groups in total. The number of hydrogen-bond donors (Lipinski definition) is 1. The first-order valence-corrected chi connectivity index (χ1v) is 7.05. The average Bonchev–Trinajstić information content (AvgIpc) is 2.99. The molecule has 3 rings (SSSR count). The molecule has 0 radical (unpaired) electrons. The molecule has 6 heteroatoms. The van der Waals surface area contributed by atoms with Crippen molar-refractivity contribution in [2.75, 3.05) is 7.11 Å². The molecule has 1 aromatic heterocycles. The van der Waals surface area contributed by atoms with Crippen LogP contribution < -0.4 is 4.74 Å². The van der Waals surface area contributed by atoms with Crippen LogP contribution in [-0.4, -0.2) is 33.2 Å². The predicted molar refractivity (Wildman–Crippen MR) is 84.1 cm³/mol. The van der Waals surface area contributed by atoms with E-state index in [-0.39, 0.29) is 5.69 Å². The van der Waals surface area contributed by atoms with Crippen LogP contribution in [-0.2, 0) is 6.42 Å². The molecular formula is C17H15N3O3. The molecule has 2 aromatic carbocycles. The van der Waals surface area contributed by atoms with Gasteiger partial charge in [0.2, 0.25) is 0 Å². The molecule has 0 saturated carbocycles. The van der Waals surface area contributed by atoms with E-state index < -0.39 is 5.97 Å². The Labute approximate surface area is 133 Å². The molecule has 0 unspecified atom stereocenters. The Balaban J connectivity index is 2.04. The Morgan fingerprint density at radius 2 is 1.83 bits per heavy atom. The zero-order valence-electron chi connectivity index (χ0n) is 12.5. The zero-order chi connectivity index (χ0) is 16.2. The minimum Gasteiger partial charge on any atom is -0.497 e. The molecule has 116 valence electrons. The molecule has 0 amide bonds. The van der Waals surface area contributed by atoms with Crippen LogP contribution in [0.3, 0.4) is 0 Å². The molecule has 0 aliphatic rings. The number of carbonyl (C=O) groups is 1. The Hall–Kier alpha value is -3.15.